The van der Waals surface area contributed by atoms with Crippen LogP contribution in [0, 0.1) is 5.92 Å². The molecule has 1 aliphatic heterocycles. The van der Waals surface area contributed by atoms with Crippen molar-refractivity contribution in [1.29, 1.82) is 0 Å². The van der Waals surface area contributed by atoms with Crippen LogP contribution in [0.15, 0.2) is 18.5 Å². The average molecular weight is 445 g/mol. The molecule has 3 heterocycles. The number of nitrogens with zero attached hydrogens (tertiary/aromatic N) is 4. The maximum atomic E-state index is 13.4. The summed E-state index contributed by atoms with van der Waals surface area (Å²) in [4.78, 5) is 43.9. The number of carbonyl (C=O) groups is 3. The zero-order valence-corrected chi connectivity index (χ0v) is 17.8. The molecule has 8 nitrogen and oxygen atoms in total. The van der Waals surface area contributed by atoms with Gasteiger partial charge in [0.2, 0.25) is 17.7 Å². The van der Waals surface area contributed by atoms with E-state index in [1.165, 1.54) is 11.6 Å². The van der Waals surface area contributed by atoms with E-state index in [4.69, 9.17) is 0 Å². The zero-order chi connectivity index (χ0) is 22.6. The number of amides is 2. The molecule has 0 radical (unpaired) electrons. The van der Waals surface area contributed by atoms with Crippen LogP contribution < -0.4 is 5.32 Å². The lowest BCUT2D eigenvalue weighted by Gasteiger charge is -2.32. The van der Waals surface area contributed by atoms with Gasteiger partial charge in [0.15, 0.2) is 5.78 Å². The summed E-state index contributed by atoms with van der Waals surface area (Å²) < 4.78 is 28.3. The van der Waals surface area contributed by atoms with Crippen LogP contribution in [0.2, 0.25) is 0 Å². The van der Waals surface area contributed by atoms with Crippen molar-refractivity contribution < 1.29 is 23.2 Å². The van der Waals surface area contributed by atoms with E-state index in [-0.39, 0.29) is 67.6 Å². The van der Waals surface area contributed by atoms with Crippen LogP contribution in [0.5, 0.6) is 0 Å². The Kier molecular flexibility index (Phi) is 4.98. The quantitative estimate of drug-likeness (QED) is 0.713. The number of fused-ring (bicyclic) bond motifs is 2. The van der Waals surface area contributed by atoms with Crippen LogP contribution in [0.4, 0.5) is 8.78 Å². The zero-order valence-electron chi connectivity index (χ0n) is 17.8. The Hall–Kier alpha value is -2.91. The van der Waals surface area contributed by atoms with Gasteiger partial charge in [-0.1, -0.05) is 0 Å². The second kappa shape index (κ2) is 7.60. The van der Waals surface area contributed by atoms with E-state index in [9.17, 15) is 23.2 Å². The number of likely N-dealkylation sites (tertiary alicyclic amines) is 1. The van der Waals surface area contributed by atoms with Gasteiger partial charge in [-0.2, -0.15) is 5.10 Å². The van der Waals surface area contributed by atoms with E-state index in [2.05, 4.69) is 15.4 Å². The smallest absolute Gasteiger partial charge is 0.248 e. The van der Waals surface area contributed by atoms with Gasteiger partial charge in [-0.15, -0.1) is 0 Å². The number of hydrogen-bond donors (Lipinski definition) is 1. The number of pyridine rings is 1. The van der Waals surface area contributed by atoms with Crippen LogP contribution in [-0.2, 0) is 16.1 Å². The van der Waals surface area contributed by atoms with Gasteiger partial charge in [0, 0.05) is 43.4 Å². The Morgan fingerprint density at radius 2 is 1.97 bits per heavy atom. The molecule has 2 amide bonds. The van der Waals surface area contributed by atoms with Crippen molar-refractivity contribution in [3.05, 3.63) is 24.2 Å². The van der Waals surface area contributed by atoms with Crippen molar-refractivity contribution in [1.82, 2.24) is 25.0 Å². The third-order valence-electron chi connectivity index (χ3n) is 6.93. The van der Waals surface area contributed by atoms with Gasteiger partial charge >= 0.3 is 0 Å². The predicted molar refractivity (Wildman–Crippen MR) is 110 cm³/mol. The third-order valence-corrected chi connectivity index (χ3v) is 6.93. The lowest BCUT2D eigenvalue weighted by atomic mass is 9.92. The fourth-order valence-corrected chi connectivity index (χ4v) is 5.14. The van der Waals surface area contributed by atoms with E-state index in [0.29, 0.717) is 23.2 Å². The first-order valence-corrected chi connectivity index (χ1v) is 11.0. The van der Waals surface area contributed by atoms with Crippen LogP contribution in [-0.4, -0.2) is 61.3 Å². The molecule has 0 aromatic carbocycles. The van der Waals surface area contributed by atoms with E-state index < -0.39 is 12.0 Å². The monoisotopic (exact) mass is 445 g/mol. The van der Waals surface area contributed by atoms with Crippen molar-refractivity contribution in [3.8, 4) is 0 Å². The second-order valence-electron chi connectivity index (χ2n) is 9.21. The van der Waals surface area contributed by atoms with Crippen LogP contribution in [0.1, 0.15) is 55.9 Å². The lowest BCUT2D eigenvalue weighted by molar-refractivity contribution is -0.141. The predicted octanol–water partition coefficient (Wildman–Crippen LogP) is 2.32. The summed E-state index contributed by atoms with van der Waals surface area (Å²) in [6.45, 7) is 1.32. The molecule has 2 saturated carbocycles. The highest BCUT2D eigenvalue weighted by atomic mass is 19.3. The van der Waals surface area contributed by atoms with Gasteiger partial charge in [0.05, 0.1) is 11.7 Å². The largest absolute Gasteiger partial charge is 0.352 e. The number of piperidine rings is 1. The van der Waals surface area contributed by atoms with Crippen molar-refractivity contribution in [2.24, 2.45) is 5.92 Å². The number of alkyl halides is 2. The van der Waals surface area contributed by atoms with Gasteiger partial charge in [-0.3, -0.25) is 24.0 Å². The Morgan fingerprint density at radius 1 is 1.22 bits per heavy atom. The van der Waals surface area contributed by atoms with Crippen LogP contribution >= 0.6 is 0 Å². The van der Waals surface area contributed by atoms with E-state index in [1.54, 1.807) is 23.4 Å². The number of hydrogen-bond acceptors (Lipinski definition) is 5. The molecule has 3 fully saturated rings. The minimum atomic E-state index is -2.65. The molecular weight excluding hydrogens is 420 g/mol. The summed E-state index contributed by atoms with van der Waals surface area (Å²) >= 11 is 0. The molecular formula is C22H25F2N5O3. The number of aromatic nitrogens is 3. The number of Topliss-reactive ketones (excluding diaryl/α,β-unsaturated/α-hetero) is 1. The number of halogens is 2. The van der Waals surface area contributed by atoms with Gasteiger partial charge in [0.25, 0.3) is 0 Å². The fraction of sp³-hybridized carbons (Fsp3) is 0.591. The molecule has 32 heavy (non-hydrogen) atoms. The highest BCUT2D eigenvalue weighted by molar-refractivity contribution is 6.04. The van der Waals surface area contributed by atoms with Gasteiger partial charge in [-0.05, 0) is 37.7 Å². The summed E-state index contributed by atoms with van der Waals surface area (Å²) in [7, 11) is 0. The van der Waals surface area contributed by atoms with Crippen molar-refractivity contribution in [2.45, 2.75) is 76.0 Å². The molecule has 170 valence electrons. The molecule has 5 rings (SSSR count). The molecule has 2 aliphatic carbocycles. The number of rotatable bonds is 5. The molecule has 0 bridgehead atoms. The van der Waals surface area contributed by atoms with E-state index in [0.717, 1.165) is 6.42 Å². The first kappa shape index (κ1) is 21.0. The van der Waals surface area contributed by atoms with Crippen molar-refractivity contribution in [3.63, 3.8) is 0 Å². The fourth-order valence-electron chi connectivity index (χ4n) is 5.14. The highest BCUT2D eigenvalue weighted by Gasteiger charge is 2.56. The molecule has 1 saturated heterocycles. The molecule has 1 unspecified atom stereocenters. The summed E-state index contributed by atoms with van der Waals surface area (Å²) in [5.41, 5.74) is 0.867. The summed E-state index contributed by atoms with van der Waals surface area (Å²) in [5.74, 6) is -3.07. The summed E-state index contributed by atoms with van der Waals surface area (Å²) in [6, 6.07) is 0.842. The molecule has 1 N–H and O–H groups in total. The SMILES string of the molecule is CC(=O)c1nn(CC(=O)N2C3C[C@@H]3C[C@H]2C(=O)NC2CCC(F)(F)CC2)c2cnccc12. The summed E-state index contributed by atoms with van der Waals surface area (Å²) in [5, 5.41) is 7.85. The van der Waals surface area contributed by atoms with Gasteiger partial charge in [-0.25, -0.2) is 8.78 Å². The van der Waals surface area contributed by atoms with E-state index >= 15 is 0 Å². The van der Waals surface area contributed by atoms with Gasteiger partial charge in [0.1, 0.15) is 18.3 Å². The maximum absolute atomic E-state index is 13.4. The molecule has 3 atom stereocenters. The maximum Gasteiger partial charge on any atom is 0.248 e. The molecule has 0 spiro atoms. The number of nitrogens with one attached hydrogen (secondary N) is 1. The third kappa shape index (κ3) is 3.75. The number of carbonyl (C=O) groups excluding carboxylic acids is 3. The van der Waals surface area contributed by atoms with Crippen molar-refractivity contribution >= 4 is 28.5 Å². The Balaban J connectivity index is 1.31. The topological polar surface area (TPSA) is 97.2 Å². The Labute approximate surface area is 183 Å². The minimum Gasteiger partial charge on any atom is -0.352 e. The minimum absolute atomic E-state index is 0.0289. The average Bonchev–Trinajstić information content (AvgIpc) is 3.25. The normalized spacial score (nSPS) is 26.7. The second-order valence-corrected chi connectivity index (χ2v) is 9.21. The van der Waals surface area contributed by atoms with Crippen LogP contribution in [0.25, 0.3) is 10.9 Å². The molecule has 3 aliphatic rings. The van der Waals surface area contributed by atoms with Crippen LogP contribution in [0.3, 0.4) is 0 Å². The number of ketones is 1. The first-order chi connectivity index (χ1) is 15.2. The highest BCUT2D eigenvalue weighted by Crippen LogP contribution is 2.48. The molecule has 10 heteroatoms. The molecule has 2 aromatic heterocycles. The Bertz CT molecular complexity index is 1090. The standard InChI is InChI=1S/C22H25F2N5O3/c1-12(30)20-15-4-7-25-10-18(15)28(27-20)11-19(31)29-16-8-13(16)9-17(29)21(32)26-14-2-5-22(23,24)6-3-14/h4,7,10,13-14,16-17H,2-3,5-6,8-9,11H2,1H3,(H,26,32)/t13-,16?,17+/m1/s1. The Morgan fingerprint density at radius 3 is 2.69 bits per heavy atom. The lowest BCUT2D eigenvalue weighted by Crippen LogP contribution is -2.52. The van der Waals surface area contributed by atoms with Crippen molar-refractivity contribution in [2.75, 3.05) is 0 Å². The molecule has 2 aromatic rings. The summed E-state index contributed by atoms with van der Waals surface area (Å²) in [6.07, 6.45) is 4.62. The van der Waals surface area contributed by atoms with E-state index in [1.807, 2.05) is 0 Å². The first-order valence-electron chi connectivity index (χ1n) is 11.0. The van der Waals surface area contributed by atoms with Gasteiger partial charge < -0.3 is 10.2 Å².